The van der Waals surface area contributed by atoms with Crippen molar-refractivity contribution < 1.29 is 4.74 Å². The van der Waals surface area contributed by atoms with E-state index in [0.717, 1.165) is 19.2 Å². The maximum Gasteiger partial charge on any atom is 0.0597 e. The van der Waals surface area contributed by atoms with Crippen molar-refractivity contribution in [2.45, 2.75) is 70.4 Å². The van der Waals surface area contributed by atoms with Gasteiger partial charge >= 0.3 is 0 Å². The third kappa shape index (κ3) is 5.80. The van der Waals surface area contributed by atoms with Gasteiger partial charge in [-0.25, -0.2) is 0 Å². The summed E-state index contributed by atoms with van der Waals surface area (Å²) in [6, 6.07) is 0.760. The number of piperidine rings is 1. The van der Waals surface area contributed by atoms with E-state index >= 15 is 0 Å². The highest BCUT2D eigenvalue weighted by Crippen LogP contribution is 2.20. The van der Waals surface area contributed by atoms with Crippen molar-refractivity contribution in [3.63, 3.8) is 0 Å². The smallest absolute Gasteiger partial charge is 0.0597 e. The monoisotopic (exact) mass is 268 g/mol. The van der Waals surface area contributed by atoms with Crippen LogP contribution in [0.5, 0.6) is 0 Å². The van der Waals surface area contributed by atoms with E-state index in [0.29, 0.717) is 6.10 Å². The highest BCUT2D eigenvalue weighted by Gasteiger charge is 2.19. The molecule has 3 heteroatoms. The van der Waals surface area contributed by atoms with Crippen molar-refractivity contribution >= 4 is 0 Å². The fourth-order valence-electron chi connectivity index (χ4n) is 3.29. The molecule has 3 nitrogen and oxygen atoms in total. The first-order valence-corrected chi connectivity index (χ1v) is 8.46. The molecule has 1 heterocycles. The number of rotatable bonds is 7. The molecule has 2 aliphatic rings. The average Bonchev–Trinajstić information content (AvgIpc) is 2.47. The van der Waals surface area contributed by atoms with Crippen molar-refractivity contribution in [3.05, 3.63) is 0 Å². The number of nitrogens with zero attached hydrogens (tertiary/aromatic N) is 1. The zero-order chi connectivity index (χ0) is 13.3. The van der Waals surface area contributed by atoms with Crippen LogP contribution in [-0.4, -0.2) is 49.8 Å². The average molecular weight is 268 g/mol. The zero-order valence-electron chi connectivity index (χ0n) is 12.7. The largest absolute Gasteiger partial charge is 0.377 e. The summed E-state index contributed by atoms with van der Waals surface area (Å²) in [5, 5.41) is 3.64. The SMILES string of the molecule is CCCNC1CCN(CCOC2CCCCC2)CC1. The zero-order valence-corrected chi connectivity index (χ0v) is 12.7. The summed E-state index contributed by atoms with van der Waals surface area (Å²) >= 11 is 0. The molecule has 1 aliphatic carbocycles. The first kappa shape index (κ1) is 15.3. The van der Waals surface area contributed by atoms with E-state index < -0.39 is 0 Å². The van der Waals surface area contributed by atoms with Crippen LogP contribution >= 0.6 is 0 Å². The molecule has 0 atom stereocenters. The van der Waals surface area contributed by atoms with E-state index in [-0.39, 0.29) is 0 Å². The minimum atomic E-state index is 0.567. The molecule has 1 saturated carbocycles. The van der Waals surface area contributed by atoms with Crippen LogP contribution in [0.3, 0.4) is 0 Å². The molecule has 0 radical (unpaired) electrons. The molecule has 0 spiro atoms. The van der Waals surface area contributed by atoms with Gasteiger partial charge in [0.1, 0.15) is 0 Å². The number of hydrogen-bond acceptors (Lipinski definition) is 3. The van der Waals surface area contributed by atoms with Crippen LogP contribution in [0.25, 0.3) is 0 Å². The first-order valence-electron chi connectivity index (χ1n) is 8.46. The highest BCUT2D eigenvalue weighted by atomic mass is 16.5. The summed E-state index contributed by atoms with van der Waals surface area (Å²) in [6.45, 7) is 7.99. The molecule has 2 rings (SSSR count). The molecule has 0 aromatic rings. The Morgan fingerprint density at radius 1 is 1.05 bits per heavy atom. The number of nitrogens with one attached hydrogen (secondary N) is 1. The fourth-order valence-corrected chi connectivity index (χ4v) is 3.29. The topological polar surface area (TPSA) is 24.5 Å². The molecule has 1 N–H and O–H groups in total. The van der Waals surface area contributed by atoms with Gasteiger partial charge in [0, 0.05) is 12.6 Å². The van der Waals surface area contributed by atoms with E-state index in [9.17, 15) is 0 Å². The minimum Gasteiger partial charge on any atom is -0.377 e. The van der Waals surface area contributed by atoms with Crippen LogP contribution in [-0.2, 0) is 4.74 Å². The second-order valence-electron chi connectivity index (χ2n) is 6.20. The summed E-state index contributed by atoms with van der Waals surface area (Å²) in [5.74, 6) is 0. The molecule has 0 aromatic carbocycles. The Balaban J connectivity index is 1.50. The van der Waals surface area contributed by atoms with Crippen molar-refractivity contribution in [2.75, 3.05) is 32.8 Å². The fraction of sp³-hybridized carbons (Fsp3) is 1.00. The normalized spacial score (nSPS) is 23.8. The van der Waals surface area contributed by atoms with Gasteiger partial charge in [-0.15, -0.1) is 0 Å². The molecule has 2 fully saturated rings. The van der Waals surface area contributed by atoms with Gasteiger partial charge in [0.2, 0.25) is 0 Å². The molecule has 0 aromatic heterocycles. The first-order chi connectivity index (χ1) is 9.38. The Bertz CT molecular complexity index is 221. The molecular weight excluding hydrogens is 236 g/mol. The van der Waals surface area contributed by atoms with Crippen LogP contribution in [0, 0.1) is 0 Å². The molecule has 1 saturated heterocycles. The Morgan fingerprint density at radius 3 is 2.47 bits per heavy atom. The molecule has 0 unspecified atom stereocenters. The lowest BCUT2D eigenvalue weighted by Crippen LogP contribution is -2.43. The quantitative estimate of drug-likeness (QED) is 0.768. The van der Waals surface area contributed by atoms with Gasteiger partial charge in [-0.3, -0.25) is 0 Å². The van der Waals surface area contributed by atoms with E-state index in [1.807, 2.05) is 0 Å². The van der Waals surface area contributed by atoms with Gasteiger partial charge in [-0.1, -0.05) is 26.2 Å². The van der Waals surface area contributed by atoms with E-state index in [1.54, 1.807) is 0 Å². The lowest BCUT2D eigenvalue weighted by molar-refractivity contribution is 0.0129. The van der Waals surface area contributed by atoms with Gasteiger partial charge in [0.05, 0.1) is 12.7 Å². The lowest BCUT2D eigenvalue weighted by atomic mass is 9.98. The minimum absolute atomic E-state index is 0.567. The Labute approximate surface area is 119 Å². The maximum absolute atomic E-state index is 6.02. The molecular formula is C16H32N2O. The summed E-state index contributed by atoms with van der Waals surface area (Å²) in [5.41, 5.74) is 0. The van der Waals surface area contributed by atoms with E-state index in [2.05, 4.69) is 17.1 Å². The second-order valence-corrected chi connectivity index (χ2v) is 6.20. The van der Waals surface area contributed by atoms with Gasteiger partial charge < -0.3 is 15.0 Å². The van der Waals surface area contributed by atoms with Crippen molar-refractivity contribution in [2.24, 2.45) is 0 Å². The Hall–Kier alpha value is -0.120. The van der Waals surface area contributed by atoms with Crippen molar-refractivity contribution in [1.29, 1.82) is 0 Å². The van der Waals surface area contributed by atoms with Gasteiger partial charge in [-0.05, 0) is 51.7 Å². The van der Waals surface area contributed by atoms with Crippen LogP contribution in [0.1, 0.15) is 58.3 Å². The maximum atomic E-state index is 6.02. The lowest BCUT2D eigenvalue weighted by Gasteiger charge is -2.33. The second kappa shape index (κ2) is 8.93. The van der Waals surface area contributed by atoms with Crippen LogP contribution in [0.15, 0.2) is 0 Å². The van der Waals surface area contributed by atoms with Gasteiger partial charge in [0.25, 0.3) is 0 Å². The third-order valence-electron chi connectivity index (χ3n) is 4.58. The predicted octanol–water partition coefficient (Wildman–Crippen LogP) is 2.80. The molecule has 19 heavy (non-hydrogen) atoms. The van der Waals surface area contributed by atoms with Crippen LogP contribution in [0.4, 0.5) is 0 Å². The number of likely N-dealkylation sites (tertiary alicyclic amines) is 1. The van der Waals surface area contributed by atoms with Crippen LogP contribution in [0.2, 0.25) is 0 Å². The summed E-state index contributed by atoms with van der Waals surface area (Å²) in [4.78, 5) is 2.58. The molecule has 1 aliphatic heterocycles. The standard InChI is InChI=1S/C16H32N2O/c1-2-10-17-15-8-11-18(12-9-15)13-14-19-16-6-4-3-5-7-16/h15-17H,2-14H2,1H3. The van der Waals surface area contributed by atoms with Gasteiger partial charge in [0.15, 0.2) is 0 Å². The van der Waals surface area contributed by atoms with Gasteiger partial charge in [-0.2, -0.15) is 0 Å². The molecule has 0 bridgehead atoms. The predicted molar refractivity (Wildman–Crippen MR) is 80.6 cm³/mol. The highest BCUT2D eigenvalue weighted by molar-refractivity contribution is 4.77. The van der Waals surface area contributed by atoms with Crippen molar-refractivity contribution in [1.82, 2.24) is 10.2 Å². The van der Waals surface area contributed by atoms with E-state index in [4.69, 9.17) is 4.74 Å². The Kier molecular flexibility index (Phi) is 7.18. The van der Waals surface area contributed by atoms with Crippen molar-refractivity contribution in [3.8, 4) is 0 Å². The number of hydrogen-bond donors (Lipinski definition) is 1. The summed E-state index contributed by atoms with van der Waals surface area (Å²) in [6.07, 6.45) is 11.2. The molecule has 0 amide bonds. The Morgan fingerprint density at radius 2 is 1.79 bits per heavy atom. The summed E-state index contributed by atoms with van der Waals surface area (Å²) < 4.78 is 6.02. The summed E-state index contributed by atoms with van der Waals surface area (Å²) in [7, 11) is 0. The van der Waals surface area contributed by atoms with Crippen LogP contribution < -0.4 is 5.32 Å². The number of ether oxygens (including phenoxy) is 1. The van der Waals surface area contributed by atoms with E-state index in [1.165, 1.54) is 71.0 Å². The third-order valence-corrected chi connectivity index (χ3v) is 4.58. The molecule has 112 valence electrons.